The van der Waals surface area contributed by atoms with Gasteiger partial charge in [0.1, 0.15) is 0 Å². The molecule has 5 nitrogen and oxygen atoms in total. The van der Waals surface area contributed by atoms with Crippen LogP contribution >= 0.6 is 22.6 Å². The standard InChI is InChI=1S/C23H29IO5S/c1-17-8-10-21(11-9-17)30(26,27)29-15-13-18(2)12-14-23(3,22(25)28-4)19-6-5-7-20(24)16-19/h5-11,16,18H,12-15H2,1-4H3. The maximum atomic E-state index is 12.6. The number of rotatable bonds is 10. The minimum atomic E-state index is -3.76. The van der Waals surface area contributed by atoms with Crippen LogP contribution in [-0.4, -0.2) is 28.1 Å². The number of ether oxygens (including phenoxy) is 1. The van der Waals surface area contributed by atoms with E-state index in [2.05, 4.69) is 22.6 Å². The smallest absolute Gasteiger partial charge is 0.315 e. The van der Waals surface area contributed by atoms with E-state index in [0.29, 0.717) is 12.8 Å². The van der Waals surface area contributed by atoms with Crippen LogP contribution in [0.15, 0.2) is 53.4 Å². The highest BCUT2D eigenvalue weighted by atomic mass is 127. The van der Waals surface area contributed by atoms with Crippen LogP contribution < -0.4 is 0 Å². The number of benzene rings is 2. The molecule has 0 heterocycles. The van der Waals surface area contributed by atoms with Crippen molar-refractivity contribution in [1.29, 1.82) is 0 Å². The summed E-state index contributed by atoms with van der Waals surface area (Å²) in [7, 11) is -2.35. The minimum absolute atomic E-state index is 0.107. The molecule has 0 spiro atoms. The fourth-order valence-corrected chi connectivity index (χ4v) is 4.70. The van der Waals surface area contributed by atoms with E-state index in [-0.39, 0.29) is 23.4 Å². The molecule has 0 fully saturated rings. The molecule has 2 atom stereocenters. The predicted octanol–water partition coefficient (Wildman–Crippen LogP) is 5.24. The lowest BCUT2D eigenvalue weighted by atomic mass is 9.77. The number of carbonyl (C=O) groups is 1. The Labute approximate surface area is 193 Å². The number of aryl methyl sites for hydroxylation is 1. The lowest BCUT2D eigenvalue weighted by Crippen LogP contribution is -2.34. The van der Waals surface area contributed by atoms with E-state index in [9.17, 15) is 13.2 Å². The summed E-state index contributed by atoms with van der Waals surface area (Å²) in [5, 5.41) is 0. The van der Waals surface area contributed by atoms with Crippen LogP contribution in [0.25, 0.3) is 0 Å². The molecule has 0 aliphatic carbocycles. The Kier molecular flexibility index (Phi) is 8.87. The Morgan fingerprint density at radius 2 is 1.80 bits per heavy atom. The Balaban J connectivity index is 1.95. The van der Waals surface area contributed by atoms with Crippen molar-refractivity contribution in [2.75, 3.05) is 13.7 Å². The van der Waals surface area contributed by atoms with E-state index in [0.717, 1.165) is 21.1 Å². The average molecular weight is 544 g/mol. The lowest BCUT2D eigenvalue weighted by molar-refractivity contribution is -0.147. The molecule has 2 unspecified atom stereocenters. The first-order valence-electron chi connectivity index (χ1n) is 9.89. The molecule has 0 N–H and O–H groups in total. The Morgan fingerprint density at radius 3 is 2.40 bits per heavy atom. The lowest BCUT2D eigenvalue weighted by Gasteiger charge is -2.28. The highest BCUT2D eigenvalue weighted by Crippen LogP contribution is 2.33. The van der Waals surface area contributed by atoms with Crippen molar-refractivity contribution in [2.24, 2.45) is 5.92 Å². The maximum Gasteiger partial charge on any atom is 0.315 e. The molecule has 0 saturated heterocycles. The SMILES string of the molecule is COC(=O)C(C)(CCC(C)CCOS(=O)(=O)c1ccc(C)cc1)c1cccc(I)c1. The van der Waals surface area contributed by atoms with Gasteiger partial charge in [0, 0.05) is 3.57 Å². The van der Waals surface area contributed by atoms with E-state index in [1.165, 1.54) is 7.11 Å². The number of hydrogen-bond acceptors (Lipinski definition) is 5. The molecule has 164 valence electrons. The van der Waals surface area contributed by atoms with E-state index < -0.39 is 15.5 Å². The number of halogens is 1. The monoisotopic (exact) mass is 544 g/mol. The highest BCUT2D eigenvalue weighted by Gasteiger charge is 2.36. The summed E-state index contributed by atoms with van der Waals surface area (Å²) in [6.45, 7) is 5.94. The van der Waals surface area contributed by atoms with Crippen molar-refractivity contribution < 1.29 is 22.1 Å². The van der Waals surface area contributed by atoms with E-state index in [1.54, 1.807) is 24.3 Å². The van der Waals surface area contributed by atoms with E-state index >= 15 is 0 Å². The zero-order valence-electron chi connectivity index (χ0n) is 17.9. The zero-order valence-corrected chi connectivity index (χ0v) is 20.8. The van der Waals surface area contributed by atoms with Crippen LogP contribution in [0.4, 0.5) is 0 Å². The predicted molar refractivity (Wildman–Crippen MR) is 126 cm³/mol. The molecule has 0 bridgehead atoms. The van der Waals surface area contributed by atoms with Gasteiger partial charge in [-0.3, -0.25) is 8.98 Å². The summed E-state index contributed by atoms with van der Waals surface area (Å²) in [5.41, 5.74) is 1.16. The van der Waals surface area contributed by atoms with Crippen molar-refractivity contribution in [3.63, 3.8) is 0 Å². The third-order valence-electron chi connectivity index (χ3n) is 5.39. The maximum absolute atomic E-state index is 12.6. The summed E-state index contributed by atoms with van der Waals surface area (Å²) in [4.78, 5) is 12.7. The van der Waals surface area contributed by atoms with Crippen LogP contribution in [0.3, 0.4) is 0 Å². The molecule has 30 heavy (non-hydrogen) atoms. The van der Waals surface area contributed by atoms with Gasteiger partial charge in [-0.25, -0.2) is 0 Å². The second-order valence-corrected chi connectivity index (χ2v) is 10.7. The molecule has 7 heteroatoms. The first-order chi connectivity index (χ1) is 14.1. The third kappa shape index (κ3) is 6.52. The molecular weight excluding hydrogens is 515 g/mol. The van der Waals surface area contributed by atoms with Gasteiger partial charge in [0.15, 0.2) is 0 Å². The molecule has 0 amide bonds. The molecule has 2 aromatic carbocycles. The van der Waals surface area contributed by atoms with Crippen molar-refractivity contribution in [3.05, 3.63) is 63.2 Å². The Morgan fingerprint density at radius 1 is 1.13 bits per heavy atom. The average Bonchev–Trinajstić information content (AvgIpc) is 2.71. The van der Waals surface area contributed by atoms with Crippen molar-refractivity contribution in [2.45, 2.75) is 50.3 Å². The van der Waals surface area contributed by atoms with Crippen LogP contribution in [-0.2, 0) is 29.2 Å². The summed E-state index contributed by atoms with van der Waals surface area (Å²) >= 11 is 2.23. The topological polar surface area (TPSA) is 69.7 Å². The van der Waals surface area contributed by atoms with Gasteiger partial charge >= 0.3 is 5.97 Å². The zero-order chi connectivity index (χ0) is 22.4. The van der Waals surface area contributed by atoms with E-state index in [1.807, 2.05) is 45.0 Å². The second-order valence-electron chi connectivity index (χ2n) is 7.86. The van der Waals surface area contributed by atoms with Gasteiger partial charge in [-0.2, -0.15) is 8.42 Å². The molecule has 0 aliphatic heterocycles. The molecule has 0 radical (unpaired) electrons. The summed E-state index contributed by atoms with van der Waals surface area (Å²) in [6, 6.07) is 14.5. The fourth-order valence-electron chi connectivity index (χ4n) is 3.23. The van der Waals surface area contributed by atoms with Crippen molar-refractivity contribution in [3.8, 4) is 0 Å². The fraction of sp³-hybridized carbons (Fsp3) is 0.435. The Hall–Kier alpha value is -1.45. The minimum Gasteiger partial charge on any atom is -0.468 e. The number of esters is 1. The third-order valence-corrected chi connectivity index (χ3v) is 7.39. The highest BCUT2D eigenvalue weighted by molar-refractivity contribution is 14.1. The molecule has 0 saturated carbocycles. The number of carbonyl (C=O) groups excluding carboxylic acids is 1. The first kappa shape index (κ1) is 24.8. The molecule has 0 aliphatic rings. The van der Waals surface area contributed by atoms with Gasteiger partial charge in [-0.15, -0.1) is 0 Å². The first-order valence-corrected chi connectivity index (χ1v) is 12.4. The normalized spacial score (nSPS) is 14.7. The Bertz CT molecular complexity index is 956. The number of methoxy groups -OCH3 is 1. The van der Waals surface area contributed by atoms with Gasteiger partial charge in [-0.05, 0) is 91.4 Å². The van der Waals surface area contributed by atoms with Crippen LogP contribution in [0, 0.1) is 16.4 Å². The van der Waals surface area contributed by atoms with E-state index in [4.69, 9.17) is 8.92 Å². The molecular formula is C23H29IO5S. The summed E-state index contributed by atoms with van der Waals surface area (Å²) < 4.78 is 36.0. The quantitative estimate of drug-likeness (QED) is 0.233. The van der Waals surface area contributed by atoms with Crippen molar-refractivity contribution in [1.82, 2.24) is 0 Å². The molecule has 2 aromatic rings. The van der Waals surface area contributed by atoms with Crippen molar-refractivity contribution >= 4 is 38.7 Å². The molecule has 2 rings (SSSR count). The van der Waals surface area contributed by atoms with Gasteiger partial charge in [0.2, 0.25) is 0 Å². The van der Waals surface area contributed by atoms with Crippen LogP contribution in [0.5, 0.6) is 0 Å². The summed E-state index contributed by atoms with van der Waals surface area (Å²) in [5.74, 6) is -0.0834. The van der Waals surface area contributed by atoms with Gasteiger partial charge < -0.3 is 4.74 Å². The van der Waals surface area contributed by atoms with Gasteiger partial charge in [0.05, 0.1) is 24.0 Å². The van der Waals surface area contributed by atoms with Crippen LogP contribution in [0.1, 0.15) is 44.2 Å². The number of hydrogen-bond donors (Lipinski definition) is 0. The second kappa shape index (κ2) is 10.7. The van der Waals surface area contributed by atoms with Gasteiger partial charge in [0.25, 0.3) is 10.1 Å². The van der Waals surface area contributed by atoms with Crippen LogP contribution in [0.2, 0.25) is 0 Å². The largest absolute Gasteiger partial charge is 0.468 e. The summed E-state index contributed by atoms with van der Waals surface area (Å²) in [6.07, 6.45) is 1.92. The molecule has 0 aromatic heterocycles. The van der Waals surface area contributed by atoms with Gasteiger partial charge in [-0.1, -0.05) is 36.8 Å².